The molecule has 29 heavy (non-hydrogen) atoms. The van der Waals surface area contributed by atoms with Crippen molar-refractivity contribution >= 4 is 17.3 Å². The molecule has 3 rings (SSSR count). The summed E-state index contributed by atoms with van der Waals surface area (Å²) < 4.78 is 0. The van der Waals surface area contributed by atoms with E-state index in [0.29, 0.717) is 6.04 Å². The fraction of sp³-hybridized carbons (Fsp3) is 0.240. The number of amides is 1. The number of rotatable bonds is 6. The zero-order valence-electron chi connectivity index (χ0n) is 17.4. The monoisotopic (exact) mass is 388 g/mol. The van der Waals surface area contributed by atoms with Gasteiger partial charge in [-0.15, -0.1) is 0 Å². The Kier molecular flexibility index (Phi) is 6.23. The Morgan fingerprint density at radius 3 is 1.93 bits per heavy atom. The lowest BCUT2D eigenvalue weighted by Gasteiger charge is -2.15. The van der Waals surface area contributed by atoms with Gasteiger partial charge in [-0.1, -0.05) is 24.3 Å². The molecular formula is C25H28N2O2. The number of carbonyl (C=O) groups excluding carboxylic acids is 1. The summed E-state index contributed by atoms with van der Waals surface area (Å²) in [6.45, 7) is 8.37. The van der Waals surface area contributed by atoms with Crippen molar-refractivity contribution in [1.29, 1.82) is 0 Å². The van der Waals surface area contributed by atoms with Crippen LogP contribution in [-0.2, 0) is 11.2 Å². The maximum absolute atomic E-state index is 12.4. The Morgan fingerprint density at radius 1 is 0.862 bits per heavy atom. The lowest BCUT2D eigenvalue weighted by atomic mass is 9.99. The molecule has 0 aliphatic heterocycles. The number of hydrogen-bond donors (Lipinski definition) is 3. The van der Waals surface area contributed by atoms with Gasteiger partial charge < -0.3 is 15.7 Å². The summed E-state index contributed by atoms with van der Waals surface area (Å²) in [6.07, 6.45) is 0.269. The van der Waals surface area contributed by atoms with Crippen molar-refractivity contribution in [3.63, 3.8) is 0 Å². The van der Waals surface area contributed by atoms with Crippen LogP contribution in [0.25, 0.3) is 11.1 Å². The van der Waals surface area contributed by atoms with E-state index in [-0.39, 0.29) is 18.1 Å². The number of hydrogen-bond acceptors (Lipinski definition) is 3. The van der Waals surface area contributed by atoms with Gasteiger partial charge in [0.2, 0.25) is 5.91 Å². The SMILES string of the molecule is Cc1cc(-c2ccc(NC(C)C)c(C)c2)ccc1NC(=O)Cc1ccc(O)cc1. The first-order valence-corrected chi connectivity index (χ1v) is 9.88. The molecule has 0 heterocycles. The second-order valence-electron chi connectivity index (χ2n) is 7.75. The summed E-state index contributed by atoms with van der Waals surface area (Å²) >= 11 is 0. The fourth-order valence-corrected chi connectivity index (χ4v) is 3.29. The Morgan fingerprint density at radius 2 is 1.41 bits per heavy atom. The van der Waals surface area contributed by atoms with Crippen molar-refractivity contribution in [2.24, 2.45) is 0 Å². The van der Waals surface area contributed by atoms with Crippen molar-refractivity contribution in [2.45, 2.75) is 40.2 Å². The standard InChI is InChI=1S/C25H28N2O2/c1-16(2)26-23-11-7-20(13-17(23)3)21-8-12-24(18(4)14-21)27-25(29)15-19-5-9-22(28)10-6-19/h5-14,16,26,28H,15H2,1-4H3,(H,27,29). The van der Waals surface area contributed by atoms with Crippen LogP contribution in [0.15, 0.2) is 60.7 Å². The zero-order chi connectivity index (χ0) is 21.0. The first-order chi connectivity index (χ1) is 13.8. The van der Waals surface area contributed by atoms with E-state index in [1.807, 2.05) is 19.1 Å². The minimum absolute atomic E-state index is 0.0773. The van der Waals surface area contributed by atoms with Gasteiger partial charge in [-0.25, -0.2) is 0 Å². The summed E-state index contributed by atoms with van der Waals surface area (Å²) in [5, 5.41) is 15.8. The van der Waals surface area contributed by atoms with Gasteiger partial charge in [0.05, 0.1) is 6.42 Å². The third-order valence-electron chi connectivity index (χ3n) is 4.81. The van der Waals surface area contributed by atoms with Crippen molar-refractivity contribution in [1.82, 2.24) is 0 Å². The van der Waals surface area contributed by atoms with Crippen LogP contribution >= 0.6 is 0 Å². The van der Waals surface area contributed by atoms with Gasteiger partial charge in [0.15, 0.2) is 0 Å². The van der Waals surface area contributed by atoms with Crippen LogP contribution in [0.3, 0.4) is 0 Å². The fourth-order valence-electron chi connectivity index (χ4n) is 3.29. The Hall–Kier alpha value is -3.27. The summed E-state index contributed by atoms with van der Waals surface area (Å²) in [5.41, 5.74) is 7.33. The maximum atomic E-state index is 12.4. The second kappa shape index (κ2) is 8.82. The van der Waals surface area contributed by atoms with Gasteiger partial charge in [-0.2, -0.15) is 0 Å². The van der Waals surface area contributed by atoms with Gasteiger partial charge >= 0.3 is 0 Å². The van der Waals surface area contributed by atoms with Crippen LogP contribution in [0, 0.1) is 13.8 Å². The first kappa shape index (κ1) is 20.5. The molecule has 4 nitrogen and oxygen atoms in total. The number of phenolic OH excluding ortho intramolecular Hbond substituents is 1. The van der Waals surface area contributed by atoms with E-state index in [1.165, 1.54) is 5.56 Å². The smallest absolute Gasteiger partial charge is 0.228 e. The summed E-state index contributed by atoms with van der Waals surface area (Å²) in [7, 11) is 0. The Labute approximate surface area is 172 Å². The number of phenols is 1. The lowest BCUT2D eigenvalue weighted by molar-refractivity contribution is -0.115. The van der Waals surface area contributed by atoms with Crippen molar-refractivity contribution in [3.8, 4) is 16.9 Å². The molecule has 0 saturated heterocycles. The third kappa shape index (κ3) is 5.38. The van der Waals surface area contributed by atoms with Crippen LogP contribution in [0.2, 0.25) is 0 Å². The Balaban J connectivity index is 1.72. The quantitative estimate of drug-likeness (QED) is 0.509. The van der Waals surface area contributed by atoms with E-state index >= 15 is 0 Å². The number of aromatic hydroxyl groups is 1. The highest BCUT2D eigenvalue weighted by Gasteiger charge is 2.09. The van der Waals surface area contributed by atoms with Gasteiger partial charge in [0.1, 0.15) is 5.75 Å². The molecule has 0 atom stereocenters. The molecule has 0 saturated carbocycles. The number of nitrogens with one attached hydrogen (secondary N) is 2. The van der Waals surface area contributed by atoms with Crippen LogP contribution in [-0.4, -0.2) is 17.1 Å². The molecule has 0 aromatic heterocycles. The minimum atomic E-state index is -0.0773. The lowest BCUT2D eigenvalue weighted by Crippen LogP contribution is -2.15. The van der Waals surface area contributed by atoms with Crippen LogP contribution in [0.1, 0.15) is 30.5 Å². The predicted molar refractivity (Wildman–Crippen MR) is 121 cm³/mol. The average molecular weight is 389 g/mol. The van der Waals surface area contributed by atoms with Crippen LogP contribution in [0.4, 0.5) is 11.4 Å². The van der Waals surface area contributed by atoms with E-state index in [2.05, 4.69) is 55.7 Å². The van der Waals surface area contributed by atoms with Crippen LogP contribution in [0.5, 0.6) is 5.75 Å². The first-order valence-electron chi connectivity index (χ1n) is 9.88. The molecule has 0 aliphatic rings. The molecule has 150 valence electrons. The molecule has 0 fully saturated rings. The van der Waals surface area contributed by atoms with Gasteiger partial charge in [0.25, 0.3) is 0 Å². The summed E-state index contributed by atoms with van der Waals surface area (Å²) in [4.78, 5) is 12.4. The van der Waals surface area contributed by atoms with Crippen LogP contribution < -0.4 is 10.6 Å². The van der Waals surface area contributed by atoms with E-state index in [0.717, 1.165) is 33.6 Å². The molecule has 3 aromatic rings. The highest BCUT2D eigenvalue weighted by Crippen LogP contribution is 2.28. The highest BCUT2D eigenvalue weighted by molar-refractivity contribution is 5.93. The van der Waals surface area contributed by atoms with E-state index in [4.69, 9.17) is 0 Å². The molecule has 0 aliphatic carbocycles. The minimum Gasteiger partial charge on any atom is -0.508 e. The number of benzene rings is 3. The molecule has 1 amide bonds. The summed E-state index contributed by atoms with van der Waals surface area (Å²) in [5.74, 6) is 0.121. The van der Waals surface area contributed by atoms with Gasteiger partial charge in [0, 0.05) is 17.4 Å². The Bertz CT molecular complexity index is 1010. The molecule has 0 spiro atoms. The molecular weight excluding hydrogens is 360 g/mol. The van der Waals surface area contributed by atoms with Crippen molar-refractivity contribution in [2.75, 3.05) is 10.6 Å². The number of aryl methyl sites for hydroxylation is 2. The molecule has 0 unspecified atom stereocenters. The largest absolute Gasteiger partial charge is 0.508 e. The highest BCUT2D eigenvalue weighted by atomic mass is 16.3. The zero-order valence-corrected chi connectivity index (χ0v) is 17.4. The normalized spacial score (nSPS) is 10.8. The van der Waals surface area contributed by atoms with Crippen molar-refractivity contribution in [3.05, 3.63) is 77.4 Å². The molecule has 3 aromatic carbocycles. The van der Waals surface area contributed by atoms with Gasteiger partial charge in [-0.05, 0) is 91.9 Å². The van der Waals surface area contributed by atoms with E-state index in [1.54, 1.807) is 24.3 Å². The maximum Gasteiger partial charge on any atom is 0.228 e. The number of anilines is 2. The summed E-state index contributed by atoms with van der Waals surface area (Å²) in [6, 6.07) is 19.6. The topological polar surface area (TPSA) is 61.4 Å². The van der Waals surface area contributed by atoms with E-state index < -0.39 is 0 Å². The molecule has 4 heteroatoms. The number of carbonyl (C=O) groups is 1. The predicted octanol–water partition coefficient (Wildman–Crippen LogP) is 5.68. The molecule has 0 radical (unpaired) electrons. The van der Waals surface area contributed by atoms with Crippen molar-refractivity contribution < 1.29 is 9.90 Å². The van der Waals surface area contributed by atoms with Gasteiger partial charge in [-0.3, -0.25) is 4.79 Å². The third-order valence-corrected chi connectivity index (χ3v) is 4.81. The second-order valence-corrected chi connectivity index (χ2v) is 7.75. The molecule has 3 N–H and O–H groups in total. The van der Waals surface area contributed by atoms with E-state index in [9.17, 15) is 9.90 Å². The molecule has 0 bridgehead atoms. The average Bonchev–Trinajstić information content (AvgIpc) is 2.66.